The fourth-order valence-corrected chi connectivity index (χ4v) is 5.74. The zero-order valence-corrected chi connectivity index (χ0v) is 19.9. The van der Waals surface area contributed by atoms with Gasteiger partial charge in [-0.25, -0.2) is 8.42 Å². The second-order valence-electron chi connectivity index (χ2n) is 7.99. The highest BCUT2D eigenvalue weighted by Crippen LogP contribution is 2.41. The number of pyridine rings is 1. The normalized spacial score (nSPS) is 18.4. The molecule has 0 bridgehead atoms. The van der Waals surface area contributed by atoms with Crippen LogP contribution in [0.5, 0.6) is 11.5 Å². The molecule has 1 fully saturated rings. The van der Waals surface area contributed by atoms with Crippen molar-refractivity contribution in [3.8, 4) is 11.5 Å². The standard InChI is InChI=1S/C25H27N3O5S/c1-32-19-11-12-24(33-2)21(14-19)22-16-28(34(30,31)20-9-4-3-5-10-20)17-23(22)25(29)27-15-18-8-6-7-13-26-18/h3-14,22-23H,15-17H2,1-2H3,(H,27,29). The molecule has 3 aromatic rings. The number of amides is 1. The van der Waals surface area contributed by atoms with Gasteiger partial charge in [-0.3, -0.25) is 9.78 Å². The molecule has 0 saturated carbocycles. The summed E-state index contributed by atoms with van der Waals surface area (Å²) >= 11 is 0. The molecule has 0 radical (unpaired) electrons. The first-order valence-corrected chi connectivity index (χ1v) is 12.3. The van der Waals surface area contributed by atoms with Crippen molar-refractivity contribution in [1.29, 1.82) is 0 Å². The zero-order chi connectivity index (χ0) is 24.1. The van der Waals surface area contributed by atoms with Crippen LogP contribution in [0.1, 0.15) is 17.2 Å². The van der Waals surface area contributed by atoms with Crippen molar-refractivity contribution in [1.82, 2.24) is 14.6 Å². The Hall–Kier alpha value is -3.43. The lowest BCUT2D eigenvalue weighted by Crippen LogP contribution is -2.35. The van der Waals surface area contributed by atoms with Gasteiger partial charge in [0.25, 0.3) is 0 Å². The molecule has 0 spiro atoms. The van der Waals surface area contributed by atoms with E-state index in [4.69, 9.17) is 9.47 Å². The van der Waals surface area contributed by atoms with Gasteiger partial charge in [-0.2, -0.15) is 4.31 Å². The monoisotopic (exact) mass is 481 g/mol. The van der Waals surface area contributed by atoms with Crippen LogP contribution in [-0.4, -0.2) is 50.9 Å². The highest BCUT2D eigenvalue weighted by atomic mass is 32.2. The maximum absolute atomic E-state index is 13.4. The summed E-state index contributed by atoms with van der Waals surface area (Å²) in [4.78, 5) is 17.8. The van der Waals surface area contributed by atoms with Crippen molar-refractivity contribution in [3.05, 3.63) is 84.2 Å². The van der Waals surface area contributed by atoms with Crippen molar-refractivity contribution in [2.75, 3.05) is 27.3 Å². The molecule has 2 heterocycles. The Kier molecular flexibility index (Phi) is 7.14. The molecule has 1 aromatic heterocycles. The topological polar surface area (TPSA) is 97.8 Å². The molecule has 0 aliphatic carbocycles. The molecule has 1 N–H and O–H groups in total. The molecular weight excluding hydrogens is 454 g/mol. The van der Waals surface area contributed by atoms with Gasteiger partial charge in [-0.1, -0.05) is 24.3 Å². The van der Waals surface area contributed by atoms with Gasteiger partial charge in [0, 0.05) is 30.8 Å². The van der Waals surface area contributed by atoms with Crippen molar-refractivity contribution in [2.24, 2.45) is 5.92 Å². The summed E-state index contributed by atoms with van der Waals surface area (Å²) in [7, 11) is -0.670. The number of nitrogens with zero attached hydrogens (tertiary/aromatic N) is 2. The molecule has 2 atom stereocenters. The summed E-state index contributed by atoms with van der Waals surface area (Å²) in [5.74, 6) is -0.109. The van der Waals surface area contributed by atoms with Gasteiger partial charge in [-0.15, -0.1) is 0 Å². The average Bonchev–Trinajstić information content (AvgIpc) is 3.34. The molecule has 34 heavy (non-hydrogen) atoms. The van der Waals surface area contributed by atoms with Crippen molar-refractivity contribution in [2.45, 2.75) is 17.4 Å². The molecular formula is C25H27N3O5S. The first-order chi connectivity index (χ1) is 16.4. The van der Waals surface area contributed by atoms with Crippen LogP contribution in [0.3, 0.4) is 0 Å². The van der Waals surface area contributed by atoms with E-state index in [9.17, 15) is 13.2 Å². The van der Waals surface area contributed by atoms with Crippen LogP contribution in [-0.2, 0) is 21.4 Å². The van der Waals surface area contributed by atoms with Gasteiger partial charge < -0.3 is 14.8 Å². The number of methoxy groups -OCH3 is 2. The highest BCUT2D eigenvalue weighted by molar-refractivity contribution is 7.89. The lowest BCUT2D eigenvalue weighted by atomic mass is 9.87. The number of nitrogens with one attached hydrogen (secondary N) is 1. The van der Waals surface area contributed by atoms with Crippen LogP contribution >= 0.6 is 0 Å². The van der Waals surface area contributed by atoms with E-state index in [1.165, 1.54) is 4.31 Å². The minimum atomic E-state index is -3.78. The molecule has 2 aromatic carbocycles. The van der Waals surface area contributed by atoms with Crippen LogP contribution in [0.4, 0.5) is 0 Å². The predicted molar refractivity (Wildman–Crippen MR) is 127 cm³/mol. The van der Waals surface area contributed by atoms with Crippen molar-refractivity contribution in [3.63, 3.8) is 0 Å². The molecule has 8 nitrogen and oxygen atoms in total. The van der Waals surface area contributed by atoms with Crippen LogP contribution in [0.25, 0.3) is 0 Å². The second kappa shape index (κ2) is 10.2. The van der Waals surface area contributed by atoms with Crippen LogP contribution in [0.15, 0.2) is 77.8 Å². The first kappa shape index (κ1) is 23.7. The zero-order valence-electron chi connectivity index (χ0n) is 19.0. The number of ether oxygens (including phenoxy) is 2. The number of hydrogen-bond donors (Lipinski definition) is 1. The third-order valence-electron chi connectivity index (χ3n) is 6.01. The number of rotatable bonds is 8. The Labute approximate surface area is 199 Å². The summed E-state index contributed by atoms with van der Waals surface area (Å²) < 4.78 is 39.0. The van der Waals surface area contributed by atoms with E-state index in [1.54, 1.807) is 75.0 Å². The molecule has 2 unspecified atom stereocenters. The van der Waals surface area contributed by atoms with Crippen LogP contribution in [0.2, 0.25) is 0 Å². The van der Waals surface area contributed by atoms with E-state index in [0.717, 1.165) is 11.3 Å². The van der Waals surface area contributed by atoms with Crippen molar-refractivity contribution >= 4 is 15.9 Å². The van der Waals surface area contributed by atoms with Gasteiger partial charge >= 0.3 is 0 Å². The third kappa shape index (κ3) is 4.90. The fraction of sp³-hybridized carbons (Fsp3) is 0.280. The SMILES string of the molecule is COc1ccc(OC)c(C2CN(S(=O)(=O)c3ccccc3)CC2C(=O)NCc2ccccn2)c1. The number of sulfonamides is 1. The van der Waals surface area contributed by atoms with Gasteiger partial charge in [0.2, 0.25) is 15.9 Å². The van der Waals surface area contributed by atoms with E-state index in [2.05, 4.69) is 10.3 Å². The largest absolute Gasteiger partial charge is 0.497 e. The molecule has 9 heteroatoms. The van der Waals surface area contributed by atoms with E-state index < -0.39 is 21.9 Å². The van der Waals surface area contributed by atoms with Gasteiger partial charge in [0.05, 0.1) is 37.3 Å². The summed E-state index contributed by atoms with van der Waals surface area (Å²) in [5.41, 5.74) is 1.45. The molecule has 1 aliphatic heterocycles. The minimum Gasteiger partial charge on any atom is -0.497 e. The summed E-state index contributed by atoms with van der Waals surface area (Å²) in [6.45, 7) is 0.447. The van der Waals surface area contributed by atoms with E-state index in [0.29, 0.717) is 11.5 Å². The van der Waals surface area contributed by atoms with Gasteiger partial charge in [-0.05, 0) is 42.5 Å². The van der Waals surface area contributed by atoms with Crippen LogP contribution in [0, 0.1) is 5.92 Å². The Morgan fingerprint density at radius 3 is 2.47 bits per heavy atom. The van der Waals surface area contributed by atoms with E-state index >= 15 is 0 Å². The Balaban J connectivity index is 1.67. The molecule has 178 valence electrons. The molecule has 1 amide bonds. The Bertz CT molecular complexity index is 1240. The maximum atomic E-state index is 13.4. The fourth-order valence-electron chi connectivity index (χ4n) is 4.23. The number of hydrogen-bond acceptors (Lipinski definition) is 6. The third-order valence-corrected chi connectivity index (χ3v) is 7.86. The summed E-state index contributed by atoms with van der Waals surface area (Å²) in [6.07, 6.45) is 1.66. The van der Waals surface area contributed by atoms with E-state index in [1.807, 2.05) is 12.1 Å². The smallest absolute Gasteiger partial charge is 0.243 e. The van der Waals surface area contributed by atoms with E-state index in [-0.39, 0.29) is 30.4 Å². The lowest BCUT2D eigenvalue weighted by Gasteiger charge is -2.21. The van der Waals surface area contributed by atoms with Gasteiger partial charge in [0.15, 0.2) is 0 Å². The molecule has 4 rings (SSSR count). The lowest BCUT2D eigenvalue weighted by molar-refractivity contribution is -0.125. The van der Waals surface area contributed by atoms with Crippen LogP contribution < -0.4 is 14.8 Å². The quantitative estimate of drug-likeness (QED) is 0.531. The summed E-state index contributed by atoms with van der Waals surface area (Å²) in [5, 5.41) is 2.92. The molecule has 1 aliphatic rings. The predicted octanol–water partition coefficient (Wildman–Crippen LogP) is 2.82. The van der Waals surface area contributed by atoms with Crippen molar-refractivity contribution < 1.29 is 22.7 Å². The first-order valence-electron chi connectivity index (χ1n) is 10.9. The number of carbonyl (C=O) groups excluding carboxylic acids is 1. The second-order valence-corrected chi connectivity index (χ2v) is 9.93. The average molecular weight is 482 g/mol. The Morgan fingerprint density at radius 2 is 1.79 bits per heavy atom. The summed E-state index contributed by atoms with van der Waals surface area (Å²) in [6, 6.07) is 19.1. The number of benzene rings is 2. The maximum Gasteiger partial charge on any atom is 0.243 e. The highest BCUT2D eigenvalue weighted by Gasteiger charge is 2.44. The minimum absolute atomic E-state index is 0.0519. The number of carbonyl (C=O) groups is 1. The molecule has 1 saturated heterocycles. The Morgan fingerprint density at radius 1 is 1.03 bits per heavy atom. The van der Waals surface area contributed by atoms with Gasteiger partial charge in [0.1, 0.15) is 11.5 Å². The number of aromatic nitrogens is 1.